The first-order valence-corrected chi connectivity index (χ1v) is 9.88. The zero-order valence-electron chi connectivity index (χ0n) is 17.9. The molecule has 0 N–H and O–H groups in total. The quantitative estimate of drug-likeness (QED) is 0.300. The molecule has 0 radical (unpaired) electrons. The molecule has 0 bridgehead atoms. The number of ether oxygens (including phenoxy) is 1. The van der Waals surface area contributed by atoms with Crippen LogP contribution >= 0.6 is 0 Å². The first-order chi connectivity index (χ1) is 15.3. The highest BCUT2D eigenvalue weighted by Crippen LogP contribution is 2.48. The number of hydrogen-bond donors (Lipinski definition) is 0. The van der Waals surface area contributed by atoms with Gasteiger partial charge in [0, 0.05) is 11.1 Å². The van der Waals surface area contributed by atoms with E-state index in [4.69, 9.17) is 0 Å². The Morgan fingerprint density at radius 1 is 0.788 bits per heavy atom. The molecule has 3 nitrogen and oxygen atoms in total. The van der Waals surface area contributed by atoms with Gasteiger partial charge in [0.2, 0.25) is 0 Å². The standard InChI is InChI=1S/C24H19F6NO2/c1-4-33-22(32)20-19(23(25,26)27)17(15-9-5-13(2)6-10-15)18(21(31-20)24(28,29)30)16-11-7-14(3)8-12-16/h5-12H,4H2,1-3H3. The van der Waals surface area contributed by atoms with Crippen LogP contribution < -0.4 is 0 Å². The topological polar surface area (TPSA) is 39.2 Å². The summed E-state index contributed by atoms with van der Waals surface area (Å²) in [7, 11) is 0. The predicted molar refractivity (Wildman–Crippen MR) is 111 cm³/mol. The van der Waals surface area contributed by atoms with E-state index in [9.17, 15) is 31.1 Å². The van der Waals surface area contributed by atoms with Crippen molar-refractivity contribution in [3.63, 3.8) is 0 Å². The minimum Gasteiger partial charge on any atom is -0.461 e. The summed E-state index contributed by atoms with van der Waals surface area (Å²) in [5.74, 6) is -1.58. The van der Waals surface area contributed by atoms with Crippen LogP contribution in [-0.4, -0.2) is 17.6 Å². The molecular formula is C24H19F6NO2. The van der Waals surface area contributed by atoms with Crippen LogP contribution in [-0.2, 0) is 17.1 Å². The number of carbonyl (C=O) groups excluding carboxylic acids is 1. The van der Waals surface area contributed by atoms with E-state index in [2.05, 4.69) is 9.72 Å². The Labute approximate surface area is 186 Å². The molecule has 0 amide bonds. The Balaban J connectivity index is 2.60. The summed E-state index contributed by atoms with van der Waals surface area (Å²) in [6, 6.07) is 11.1. The van der Waals surface area contributed by atoms with Crippen LogP contribution in [0, 0.1) is 13.8 Å². The number of pyridine rings is 1. The molecule has 0 atom stereocenters. The zero-order chi connectivity index (χ0) is 24.6. The number of nitrogens with zero attached hydrogens (tertiary/aromatic N) is 1. The second kappa shape index (κ2) is 8.88. The molecule has 9 heteroatoms. The molecule has 0 aliphatic heterocycles. The van der Waals surface area contributed by atoms with Crippen molar-refractivity contribution in [3.8, 4) is 22.3 Å². The maximum atomic E-state index is 14.3. The fourth-order valence-corrected chi connectivity index (χ4v) is 3.42. The van der Waals surface area contributed by atoms with Gasteiger partial charge in [-0.15, -0.1) is 0 Å². The van der Waals surface area contributed by atoms with Crippen molar-refractivity contribution in [2.75, 3.05) is 6.61 Å². The molecule has 3 rings (SSSR count). The van der Waals surface area contributed by atoms with E-state index in [0.717, 1.165) is 0 Å². The number of benzene rings is 2. The highest BCUT2D eigenvalue weighted by molar-refractivity contribution is 5.97. The van der Waals surface area contributed by atoms with Crippen molar-refractivity contribution in [1.82, 2.24) is 4.98 Å². The summed E-state index contributed by atoms with van der Waals surface area (Å²) in [6.07, 6.45) is -10.3. The lowest BCUT2D eigenvalue weighted by molar-refractivity contribution is -0.144. The largest absolute Gasteiger partial charge is 0.461 e. The summed E-state index contributed by atoms with van der Waals surface area (Å²) in [6.45, 7) is 4.38. The van der Waals surface area contributed by atoms with Crippen molar-refractivity contribution in [2.45, 2.75) is 33.1 Å². The van der Waals surface area contributed by atoms with E-state index in [1.165, 1.54) is 55.5 Å². The number of carbonyl (C=O) groups is 1. The second-order valence-electron chi connectivity index (χ2n) is 7.38. The fourth-order valence-electron chi connectivity index (χ4n) is 3.42. The number of hydrogen-bond acceptors (Lipinski definition) is 3. The Morgan fingerprint density at radius 3 is 1.64 bits per heavy atom. The molecule has 2 aromatic carbocycles. The minimum absolute atomic E-state index is 0.114. The van der Waals surface area contributed by atoms with E-state index in [-0.39, 0.29) is 17.7 Å². The van der Waals surface area contributed by atoms with Crippen LogP contribution in [0.5, 0.6) is 0 Å². The van der Waals surface area contributed by atoms with Crippen molar-refractivity contribution >= 4 is 5.97 Å². The molecule has 0 aliphatic rings. The van der Waals surface area contributed by atoms with Gasteiger partial charge < -0.3 is 4.74 Å². The number of aryl methyl sites for hydroxylation is 2. The lowest BCUT2D eigenvalue weighted by atomic mass is 9.87. The van der Waals surface area contributed by atoms with Gasteiger partial charge in [-0.1, -0.05) is 59.7 Å². The highest BCUT2D eigenvalue weighted by atomic mass is 19.4. The van der Waals surface area contributed by atoms with E-state index in [0.29, 0.717) is 11.1 Å². The number of rotatable bonds is 4. The summed E-state index contributed by atoms with van der Waals surface area (Å²) in [4.78, 5) is 15.6. The van der Waals surface area contributed by atoms with Crippen molar-refractivity contribution < 1.29 is 35.9 Å². The summed E-state index contributed by atoms with van der Waals surface area (Å²) in [5, 5.41) is 0. The van der Waals surface area contributed by atoms with E-state index in [1.807, 2.05) is 0 Å². The number of aromatic nitrogens is 1. The van der Waals surface area contributed by atoms with Gasteiger partial charge in [0.05, 0.1) is 12.2 Å². The Hall–Kier alpha value is -3.36. The molecule has 0 aliphatic carbocycles. The Bertz CT molecular complexity index is 1160. The Kier molecular flexibility index (Phi) is 6.53. The molecule has 0 saturated heterocycles. The predicted octanol–water partition coefficient (Wildman–Crippen LogP) is 7.25. The van der Waals surface area contributed by atoms with Gasteiger partial charge in [-0.25, -0.2) is 9.78 Å². The molecule has 174 valence electrons. The average molecular weight is 467 g/mol. The SMILES string of the molecule is CCOC(=O)c1nc(C(F)(F)F)c(-c2ccc(C)cc2)c(-c2ccc(C)cc2)c1C(F)(F)F. The van der Waals surface area contributed by atoms with E-state index < -0.39 is 46.4 Å². The van der Waals surface area contributed by atoms with Crippen LogP contribution in [0.4, 0.5) is 26.3 Å². The number of alkyl halides is 6. The molecule has 33 heavy (non-hydrogen) atoms. The van der Waals surface area contributed by atoms with Crippen LogP contribution in [0.25, 0.3) is 22.3 Å². The fraction of sp³-hybridized carbons (Fsp3) is 0.250. The lowest BCUT2D eigenvalue weighted by Crippen LogP contribution is -2.23. The van der Waals surface area contributed by atoms with Gasteiger partial charge in [-0.05, 0) is 31.9 Å². The van der Waals surface area contributed by atoms with E-state index in [1.54, 1.807) is 13.8 Å². The third-order valence-electron chi connectivity index (χ3n) is 4.90. The minimum atomic E-state index is -5.20. The van der Waals surface area contributed by atoms with Crippen molar-refractivity contribution in [1.29, 1.82) is 0 Å². The van der Waals surface area contributed by atoms with Gasteiger partial charge in [0.25, 0.3) is 0 Å². The number of halogens is 6. The van der Waals surface area contributed by atoms with Gasteiger partial charge in [0.1, 0.15) is 0 Å². The smallest absolute Gasteiger partial charge is 0.434 e. The molecule has 1 aromatic heterocycles. The lowest BCUT2D eigenvalue weighted by Gasteiger charge is -2.24. The zero-order valence-corrected chi connectivity index (χ0v) is 17.9. The second-order valence-corrected chi connectivity index (χ2v) is 7.38. The molecule has 0 fully saturated rings. The molecule has 3 aromatic rings. The monoisotopic (exact) mass is 467 g/mol. The molecule has 0 unspecified atom stereocenters. The van der Waals surface area contributed by atoms with Gasteiger partial charge in [-0.3, -0.25) is 0 Å². The summed E-state index contributed by atoms with van der Waals surface area (Å²) in [5.41, 5.74) is -4.99. The van der Waals surface area contributed by atoms with Crippen LogP contribution in [0.1, 0.15) is 39.8 Å². The van der Waals surface area contributed by atoms with Gasteiger partial charge in [-0.2, -0.15) is 26.3 Å². The highest BCUT2D eigenvalue weighted by Gasteiger charge is 2.46. The van der Waals surface area contributed by atoms with Crippen molar-refractivity contribution in [3.05, 3.63) is 76.6 Å². The third-order valence-corrected chi connectivity index (χ3v) is 4.90. The third kappa shape index (κ3) is 5.02. The number of esters is 1. The van der Waals surface area contributed by atoms with Crippen LogP contribution in [0.3, 0.4) is 0 Å². The van der Waals surface area contributed by atoms with Crippen LogP contribution in [0.15, 0.2) is 48.5 Å². The summed E-state index contributed by atoms with van der Waals surface area (Å²) >= 11 is 0. The van der Waals surface area contributed by atoms with Crippen LogP contribution in [0.2, 0.25) is 0 Å². The molecule has 0 saturated carbocycles. The Morgan fingerprint density at radius 2 is 1.24 bits per heavy atom. The molecule has 0 spiro atoms. The van der Waals surface area contributed by atoms with Crippen molar-refractivity contribution in [2.24, 2.45) is 0 Å². The first kappa shape index (κ1) is 24.3. The van der Waals surface area contributed by atoms with Gasteiger partial charge in [0.15, 0.2) is 11.4 Å². The maximum Gasteiger partial charge on any atom is 0.434 e. The normalized spacial score (nSPS) is 12.0. The molecular weight excluding hydrogens is 448 g/mol. The maximum absolute atomic E-state index is 14.3. The molecule has 1 heterocycles. The first-order valence-electron chi connectivity index (χ1n) is 9.88. The van der Waals surface area contributed by atoms with Gasteiger partial charge >= 0.3 is 18.3 Å². The van der Waals surface area contributed by atoms with E-state index >= 15 is 0 Å². The summed E-state index contributed by atoms with van der Waals surface area (Å²) < 4.78 is 90.0. The average Bonchev–Trinajstić information content (AvgIpc) is 2.72.